The van der Waals surface area contributed by atoms with E-state index >= 15 is 0 Å². The molecule has 1 aromatic carbocycles. The fourth-order valence-electron chi connectivity index (χ4n) is 1.76. The third-order valence-corrected chi connectivity index (χ3v) is 3.65. The van der Waals surface area contributed by atoms with Crippen LogP contribution in [0, 0.1) is 0 Å². The number of hydrogen-bond donors (Lipinski definition) is 3. The summed E-state index contributed by atoms with van der Waals surface area (Å²) in [6, 6.07) is 4.28. The Labute approximate surface area is 112 Å². The third kappa shape index (κ3) is 3.15. The monoisotopic (exact) mass is 270 g/mol. The Morgan fingerprint density at radius 2 is 2.06 bits per heavy atom. The van der Waals surface area contributed by atoms with Gasteiger partial charge in [0.25, 0.3) is 5.91 Å². The highest BCUT2D eigenvalue weighted by atomic mass is 35.5. The number of phenols is 1. The smallest absolute Gasteiger partial charge is 0.253 e. The molecule has 0 aliphatic rings. The number of hydrogen-bond acceptors (Lipinski definition) is 3. The number of carbonyl (C=O) groups is 1. The number of rotatable bonds is 5. The molecule has 100 valence electrons. The standard InChI is InChI=1S/C13H19ClN2O2/c1-3-13(4-2,8-15)16-12(18)10-7-9(17)5-6-11(10)14/h5-7,17H,3-4,8,15H2,1-2H3,(H,16,18). The molecule has 4 N–H and O–H groups in total. The van der Waals surface area contributed by atoms with Crippen LogP contribution < -0.4 is 11.1 Å². The van der Waals surface area contributed by atoms with Crippen molar-refractivity contribution in [2.45, 2.75) is 32.2 Å². The average Bonchev–Trinajstić information content (AvgIpc) is 2.38. The molecule has 0 fully saturated rings. The van der Waals surface area contributed by atoms with Crippen molar-refractivity contribution in [2.75, 3.05) is 6.54 Å². The Morgan fingerprint density at radius 1 is 1.44 bits per heavy atom. The highest BCUT2D eigenvalue weighted by molar-refractivity contribution is 6.33. The summed E-state index contributed by atoms with van der Waals surface area (Å²) in [7, 11) is 0. The first-order valence-corrected chi connectivity index (χ1v) is 6.37. The Balaban J connectivity index is 2.97. The molecule has 0 heterocycles. The molecule has 0 radical (unpaired) electrons. The fourth-order valence-corrected chi connectivity index (χ4v) is 1.97. The highest BCUT2D eigenvalue weighted by Crippen LogP contribution is 2.22. The van der Waals surface area contributed by atoms with E-state index < -0.39 is 5.54 Å². The van der Waals surface area contributed by atoms with Crippen LogP contribution in [-0.4, -0.2) is 23.1 Å². The summed E-state index contributed by atoms with van der Waals surface area (Å²) < 4.78 is 0. The summed E-state index contributed by atoms with van der Waals surface area (Å²) in [5, 5.41) is 12.6. The van der Waals surface area contributed by atoms with Crippen LogP contribution in [0.25, 0.3) is 0 Å². The van der Waals surface area contributed by atoms with E-state index in [0.717, 1.165) is 12.8 Å². The van der Waals surface area contributed by atoms with Gasteiger partial charge in [-0.1, -0.05) is 25.4 Å². The molecule has 0 spiro atoms. The first-order chi connectivity index (χ1) is 8.48. The molecule has 18 heavy (non-hydrogen) atoms. The van der Waals surface area contributed by atoms with Crippen molar-refractivity contribution in [1.29, 1.82) is 0 Å². The molecule has 1 aromatic rings. The maximum atomic E-state index is 12.1. The predicted molar refractivity (Wildman–Crippen MR) is 73.0 cm³/mol. The minimum absolute atomic E-state index is 0.0101. The molecule has 5 heteroatoms. The van der Waals surface area contributed by atoms with Crippen LogP contribution in [0.15, 0.2) is 18.2 Å². The summed E-state index contributed by atoms with van der Waals surface area (Å²) in [6.45, 7) is 4.31. The fraction of sp³-hybridized carbons (Fsp3) is 0.462. The summed E-state index contributed by atoms with van der Waals surface area (Å²) in [6.07, 6.45) is 1.48. The molecule has 0 aliphatic carbocycles. The van der Waals surface area contributed by atoms with Gasteiger partial charge in [0, 0.05) is 6.54 Å². The number of phenolic OH excluding ortho intramolecular Hbond substituents is 1. The van der Waals surface area contributed by atoms with Crippen LogP contribution in [-0.2, 0) is 0 Å². The van der Waals surface area contributed by atoms with Gasteiger partial charge in [0.1, 0.15) is 5.75 Å². The number of carbonyl (C=O) groups excluding carboxylic acids is 1. The molecule has 0 saturated heterocycles. The summed E-state index contributed by atoms with van der Waals surface area (Å²) in [4.78, 5) is 12.1. The number of aromatic hydroxyl groups is 1. The van der Waals surface area contributed by atoms with Gasteiger partial charge >= 0.3 is 0 Å². The van der Waals surface area contributed by atoms with Crippen LogP contribution in [0.5, 0.6) is 5.75 Å². The van der Waals surface area contributed by atoms with E-state index in [9.17, 15) is 9.90 Å². The number of halogens is 1. The minimum Gasteiger partial charge on any atom is -0.508 e. The van der Waals surface area contributed by atoms with Crippen LogP contribution in [0.3, 0.4) is 0 Å². The van der Waals surface area contributed by atoms with E-state index in [2.05, 4.69) is 5.32 Å². The minimum atomic E-state index is -0.425. The van der Waals surface area contributed by atoms with Crippen molar-refractivity contribution >= 4 is 17.5 Å². The van der Waals surface area contributed by atoms with Crippen molar-refractivity contribution in [2.24, 2.45) is 5.73 Å². The second-order valence-electron chi connectivity index (χ2n) is 4.31. The van der Waals surface area contributed by atoms with Gasteiger partial charge in [-0.3, -0.25) is 4.79 Å². The zero-order valence-electron chi connectivity index (χ0n) is 10.7. The molecular formula is C13H19ClN2O2. The Morgan fingerprint density at radius 3 is 2.56 bits per heavy atom. The molecule has 0 atom stereocenters. The Kier molecular flexibility index (Phi) is 4.99. The van der Waals surface area contributed by atoms with Crippen LogP contribution in [0.2, 0.25) is 5.02 Å². The largest absolute Gasteiger partial charge is 0.508 e. The lowest BCUT2D eigenvalue weighted by atomic mass is 9.92. The first-order valence-electron chi connectivity index (χ1n) is 5.99. The van der Waals surface area contributed by atoms with Crippen molar-refractivity contribution in [1.82, 2.24) is 5.32 Å². The van der Waals surface area contributed by atoms with E-state index in [-0.39, 0.29) is 17.2 Å². The number of nitrogens with one attached hydrogen (secondary N) is 1. The van der Waals surface area contributed by atoms with Gasteiger partial charge < -0.3 is 16.2 Å². The highest BCUT2D eigenvalue weighted by Gasteiger charge is 2.27. The Hall–Kier alpha value is -1.26. The summed E-state index contributed by atoms with van der Waals surface area (Å²) in [5.41, 5.74) is 5.56. The molecular weight excluding hydrogens is 252 g/mol. The maximum absolute atomic E-state index is 12.1. The second kappa shape index (κ2) is 6.07. The molecule has 0 aromatic heterocycles. The van der Waals surface area contributed by atoms with Gasteiger partial charge in [-0.15, -0.1) is 0 Å². The molecule has 1 amide bonds. The van der Waals surface area contributed by atoms with E-state index in [1.165, 1.54) is 18.2 Å². The molecule has 4 nitrogen and oxygen atoms in total. The quantitative estimate of drug-likeness (QED) is 0.768. The number of nitrogens with two attached hydrogens (primary N) is 1. The molecule has 0 bridgehead atoms. The topological polar surface area (TPSA) is 75.3 Å². The maximum Gasteiger partial charge on any atom is 0.253 e. The predicted octanol–water partition coefficient (Wildman–Crippen LogP) is 2.29. The van der Waals surface area contributed by atoms with Crippen LogP contribution in [0.4, 0.5) is 0 Å². The van der Waals surface area contributed by atoms with Crippen molar-refractivity contribution < 1.29 is 9.90 Å². The lowest BCUT2D eigenvalue weighted by Crippen LogP contribution is -2.52. The van der Waals surface area contributed by atoms with Crippen LogP contribution >= 0.6 is 11.6 Å². The van der Waals surface area contributed by atoms with E-state index in [1.54, 1.807) is 0 Å². The van der Waals surface area contributed by atoms with Gasteiger partial charge in [0.05, 0.1) is 16.1 Å². The van der Waals surface area contributed by atoms with Gasteiger partial charge in [-0.2, -0.15) is 0 Å². The van der Waals surface area contributed by atoms with E-state index in [4.69, 9.17) is 17.3 Å². The van der Waals surface area contributed by atoms with E-state index in [0.29, 0.717) is 11.6 Å². The second-order valence-corrected chi connectivity index (χ2v) is 4.72. The Bertz CT molecular complexity index is 423. The summed E-state index contributed by atoms with van der Waals surface area (Å²) >= 11 is 5.95. The van der Waals surface area contributed by atoms with Gasteiger partial charge in [-0.25, -0.2) is 0 Å². The summed E-state index contributed by atoms with van der Waals surface area (Å²) in [5.74, 6) is -0.305. The van der Waals surface area contributed by atoms with E-state index in [1.807, 2.05) is 13.8 Å². The zero-order chi connectivity index (χ0) is 13.8. The van der Waals surface area contributed by atoms with Gasteiger partial charge in [0.15, 0.2) is 0 Å². The third-order valence-electron chi connectivity index (χ3n) is 3.32. The average molecular weight is 271 g/mol. The van der Waals surface area contributed by atoms with Crippen molar-refractivity contribution in [3.8, 4) is 5.75 Å². The normalized spacial score (nSPS) is 11.3. The van der Waals surface area contributed by atoms with Gasteiger partial charge in [-0.05, 0) is 31.0 Å². The number of benzene rings is 1. The zero-order valence-corrected chi connectivity index (χ0v) is 11.4. The molecule has 0 saturated carbocycles. The molecule has 0 aliphatic heterocycles. The van der Waals surface area contributed by atoms with Gasteiger partial charge in [0.2, 0.25) is 0 Å². The van der Waals surface area contributed by atoms with Crippen molar-refractivity contribution in [3.63, 3.8) is 0 Å². The first kappa shape index (κ1) is 14.8. The SMILES string of the molecule is CCC(CC)(CN)NC(=O)c1cc(O)ccc1Cl. The number of amides is 1. The molecule has 0 unspecified atom stereocenters. The lowest BCUT2D eigenvalue weighted by molar-refractivity contribution is 0.0895. The van der Waals surface area contributed by atoms with Crippen molar-refractivity contribution in [3.05, 3.63) is 28.8 Å². The van der Waals surface area contributed by atoms with Crippen LogP contribution in [0.1, 0.15) is 37.0 Å². The molecule has 1 rings (SSSR count). The lowest BCUT2D eigenvalue weighted by Gasteiger charge is -2.31.